The van der Waals surface area contributed by atoms with Crippen molar-refractivity contribution in [1.82, 2.24) is 4.98 Å². The molecule has 24 heavy (non-hydrogen) atoms. The molecule has 1 N–H and O–H groups in total. The van der Waals surface area contributed by atoms with Gasteiger partial charge in [0.2, 0.25) is 0 Å². The number of rotatable bonds is 7. The van der Waals surface area contributed by atoms with Crippen molar-refractivity contribution in [2.75, 3.05) is 14.2 Å². The normalized spacial score (nSPS) is 10.8. The van der Waals surface area contributed by atoms with Crippen LogP contribution in [0.25, 0.3) is 12.2 Å². The van der Waals surface area contributed by atoms with E-state index in [9.17, 15) is 5.11 Å². The third-order valence-corrected chi connectivity index (χ3v) is 3.66. The Labute approximate surface area is 143 Å². The van der Waals surface area contributed by atoms with Crippen LogP contribution in [0.3, 0.4) is 0 Å². The van der Waals surface area contributed by atoms with E-state index in [-0.39, 0.29) is 5.75 Å². The third kappa shape index (κ3) is 4.62. The Morgan fingerprint density at radius 2 is 2.00 bits per heavy atom. The van der Waals surface area contributed by atoms with E-state index in [1.54, 1.807) is 32.5 Å². The summed E-state index contributed by atoms with van der Waals surface area (Å²) in [6, 6.07) is 7.27. The van der Waals surface area contributed by atoms with Crippen LogP contribution in [0.15, 0.2) is 42.6 Å². The number of phenols is 1. The molecule has 1 heterocycles. The second kappa shape index (κ2) is 8.20. The molecule has 0 bridgehead atoms. The van der Waals surface area contributed by atoms with Gasteiger partial charge in [-0.2, -0.15) is 0 Å². The fourth-order valence-corrected chi connectivity index (χ4v) is 2.35. The summed E-state index contributed by atoms with van der Waals surface area (Å²) in [7, 11) is 3.23. The number of phenolic OH excluding ortho intramolecular Hbond substituents is 1. The van der Waals surface area contributed by atoms with Crippen molar-refractivity contribution in [1.29, 1.82) is 0 Å². The summed E-state index contributed by atoms with van der Waals surface area (Å²) in [5.74, 6) is 1.66. The van der Waals surface area contributed by atoms with Crippen molar-refractivity contribution in [3.63, 3.8) is 0 Å². The fraction of sp³-hybridized carbons (Fsp3) is 0.250. The predicted molar refractivity (Wildman–Crippen MR) is 97.5 cm³/mol. The smallest absolute Gasteiger partial charge is 0.126 e. The van der Waals surface area contributed by atoms with Crippen molar-refractivity contribution in [2.45, 2.75) is 19.8 Å². The maximum Gasteiger partial charge on any atom is 0.126 e. The molecule has 4 heteroatoms. The van der Waals surface area contributed by atoms with Gasteiger partial charge in [0.25, 0.3) is 0 Å². The van der Waals surface area contributed by atoms with Crippen molar-refractivity contribution >= 4 is 12.2 Å². The minimum Gasteiger partial charge on any atom is -0.508 e. The molecule has 0 aliphatic rings. The second-order valence-electron chi connectivity index (χ2n) is 5.63. The van der Waals surface area contributed by atoms with E-state index in [1.807, 2.05) is 31.2 Å². The molecule has 0 unspecified atom stereocenters. The SMILES string of the molecule is C=C(C)CCc1c(O)cc(/C=C/c2cc(OC)ccn2)cc1OC. The molecule has 0 aliphatic carbocycles. The zero-order chi connectivity index (χ0) is 17.5. The van der Waals surface area contributed by atoms with E-state index in [2.05, 4.69) is 11.6 Å². The van der Waals surface area contributed by atoms with Crippen LogP contribution in [0.1, 0.15) is 30.2 Å². The summed E-state index contributed by atoms with van der Waals surface area (Å²) >= 11 is 0. The summed E-state index contributed by atoms with van der Waals surface area (Å²) in [5.41, 5.74) is 3.49. The lowest BCUT2D eigenvalue weighted by Crippen LogP contribution is -1.95. The fourth-order valence-electron chi connectivity index (χ4n) is 2.35. The van der Waals surface area contributed by atoms with Crippen LogP contribution in [-0.2, 0) is 6.42 Å². The number of hydrogen-bond acceptors (Lipinski definition) is 4. The van der Waals surface area contributed by atoms with Gasteiger partial charge in [-0.15, -0.1) is 6.58 Å². The quantitative estimate of drug-likeness (QED) is 0.762. The predicted octanol–water partition coefficient (Wildman–Crippen LogP) is 4.48. The van der Waals surface area contributed by atoms with Crippen molar-refractivity contribution in [3.8, 4) is 17.2 Å². The van der Waals surface area contributed by atoms with Crippen LogP contribution < -0.4 is 9.47 Å². The lowest BCUT2D eigenvalue weighted by atomic mass is 10.0. The van der Waals surface area contributed by atoms with E-state index in [4.69, 9.17) is 9.47 Å². The molecular weight excluding hydrogens is 302 g/mol. The van der Waals surface area contributed by atoms with E-state index in [0.717, 1.165) is 34.6 Å². The molecule has 2 aromatic rings. The Balaban J connectivity index is 2.26. The number of benzene rings is 1. The summed E-state index contributed by atoms with van der Waals surface area (Å²) in [6.45, 7) is 5.87. The van der Waals surface area contributed by atoms with E-state index in [0.29, 0.717) is 12.2 Å². The molecule has 126 valence electrons. The average molecular weight is 325 g/mol. The number of methoxy groups -OCH3 is 2. The van der Waals surface area contributed by atoms with Gasteiger partial charge < -0.3 is 14.6 Å². The average Bonchev–Trinajstić information content (AvgIpc) is 2.58. The van der Waals surface area contributed by atoms with E-state index in [1.165, 1.54) is 0 Å². The minimum atomic E-state index is 0.230. The van der Waals surface area contributed by atoms with E-state index < -0.39 is 0 Å². The van der Waals surface area contributed by atoms with Gasteiger partial charge in [0, 0.05) is 17.8 Å². The highest BCUT2D eigenvalue weighted by Crippen LogP contribution is 2.32. The van der Waals surface area contributed by atoms with Gasteiger partial charge in [0.15, 0.2) is 0 Å². The van der Waals surface area contributed by atoms with Gasteiger partial charge in [-0.1, -0.05) is 11.6 Å². The first-order valence-corrected chi connectivity index (χ1v) is 7.76. The zero-order valence-corrected chi connectivity index (χ0v) is 14.4. The molecule has 0 saturated carbocycles. The van der Waals surface area contributed by atoms with Gasteiger partial charge in [-0.25, -0.2) is 0 Å². The zero-order valence-electron chi connectivity index (χ0n) is 14.4. The second-order valence-corrected chi connectivity index (χ2v) is 5.63. The van der Waals surface area contributed by atoms with Crippen LogP contribution in [0.2, 0.25) is 0 Å². The van der Waals surface area contributed by atoms with Crippen LogP contribution >= 0.6 is 0 Å². The molecule has 0 fully saturated rings. The van der Waals surface area contributed by atoms with Gasteiger partial charge in [-0.3, -0.25) is 4.98 Å². The Bertz CT molecular complexity index is 751. The molecule has 0 amide bonds. The maximum atomic E-state index is 10.3. The first-order valence-electron chi connectivity index (χ1n) is 7.76. The first kappa shape index (κ1) is 17.6. The Morgan fingerprint density at radius 1 is 1.21 bits per heavy atom. The highest BCUT2D eigenvalue weighted by molar-refractivity contribution is 5.70. The molecule has 2 rings (SSSR count). The Morgan fingerprint density at radius 3 is 2.67 bits per heavy atom. The molecule has 0 atom stereocenters. The lowest BCUT2D eigenvalue weighted by molar-refractivity contribution is 0.399. The molecule has 1 aromatic heterocycles. The van der Waals surface area contributed by atoms with Crippen LogP contribution in [0.4, 0.5) is 0 Å². The first-order chi connectivity index (χ1) is 11.5. The van der Waals surface area contributed by atoms with E-state index >= 15 is 0 Å². The van der Waals surface area contributed by atoms with Crippen molar-refractivity contribution in [2.24, 2.45) is 0 Å². The number of aromatic nitrogens is 1. The van der Waals surface area contributed by atoms with Gasteiger partial charge >= 0.3 is 0 Å². The summed E-state index contributed by atoms with van der Waals surface area (Å²) in [5, 5.41) is 10.3. The summed E-state index contributed by atoms with van der Waals surface area (Å²) in [4.78, 5) is 4.26. The topological polar surface area (TPSA) is 51.6 Å². The van der Waals surface area contributed by atoms with Crippen molar-refractivity contribution in [3.05, 3.63) is 59.4 Å². The molecule has 1 aromatic carbocycles. The van der Waals surface area contributed by atoms with Crippen molar-refractivity contribution < 1.29 is 14.6 Å². The van der Waals surface area contributed by atoms with Gasteiger partial charge in [0.05, 0.1) is 19.9 Å². The standard InChI is InChI=1S/C20H23NO3/c1-14(2)5-8-18-19(22)11-15(12-20(18)24-4)6-7-16-13-17(23-3)9-10-21-16/h6-7,9-13,22H,1,5,8H2,2-4H3/b7-6+. The number of ether oxygens (including phenoxy) is 2. The molecule has 4 nitrogen and oxygen atoms in total. The number of hydrogen-bond donors (Lipinski definition) is 1. The highest BCUT2D eigenvalue weighted by atomic mass is 16.5. The minimum absolute atomic E-state index is 0.230. The number of nitrogens with zero attached hydrogens (tertiary/aromatic N) is 1. The Kier molecular flexibility index (Phi) is 6.01. The molecule has 0 aliphatic heterocycles. The third-order valence-electron chi connectivity index (χ3n) is 3.66. The highest BCUT2D eigenvalue weighted by Gasteiger charge is 2.10. The molecule has 0 radical (unpaired) electrons. The maximum absolute atomic E-state index is 10.3. The van der Waals surface area contributed by atoms with Crippen LogP contribution in [-0.4, -0.2) is 24.3 Å². The summed E-state index contributed by atoms with van der Waals surface area (Å²) < 4.78 is 10.6. The largest absolute Gasteiger partial charge is 0.508 e. The number of aromatic hydroxyl groups is 1. The molecule has 0 spiro atoms. The number of pyridine rings is 1. The summed E-state index contributed by atoms with van der Waals surface area (Å²) in [6.07, 6.45) is 6.95. The molecular formula is C20H23NO3. The van der Waals surface area contributed by atoms with Gasteiger partial charge in [0.1, 0.15) is 17.2 Å². The lowest BCUT2D eigenvalue weighted by Gasteiger charge is -2.12. The molecule has 0 saturated heterocycles. The van der Waals surface area contributed by atoms with Gasteiger partial charge in [-0.05, 0) is 49.6 Å². The monoisotopic (exact) mass is 325 g/mol. The van der Waals surface area contributed by atoms with Crippen LogP contribution in [0.5, 0.6) is 17.2 Å². The van der Waals surface area contributed by atoms with Crippen LogP contribution in [0, 0.1) is 0 Å². The Hall–Kier alpha value is -2.75. The number of allylic oxidation sites excluding steroid dienone is 1.